The fraction of sp³-hybridized carbons (Fsp3) is 0.846. The van der Waals surface area contributed by atoms with E-state index in [4.69, 9.17) is 9.84 Å². The second-order valence-electron chi connectivity index (χ2n) is 4.92. The smallest absolute Gasteiger partial charge is 0.305 e. The highest BCUT2D eigenvalue weighted by Crippen LogP contribution is 2.16. The maximum Gasteiger partial charge on any atom is 0.305 e. The number of carboxylic acids is 1. The second-order valence-corrected chi connectivity index (χ2v) is 6.37. The van der Waals surface area contributed by atoms with Crippen LogP contribution in [0.2, 0.25) is 0 Å². The largest absolute Gasteiger partial charge is 0.481 e. The Bertz CT molecular complexity index is 298. The molecule has 0 aliphatic rings. The van der Waals surface area contributed by atoms with Crippen LogP contribution in [0.25, 0.3) is 0 Å². The van der Waals surface area contributed by atoms with Crippen molar-refractivity contribution < 1.29 is 19.4 Å². The number of rotatable bonds is 10. The van der Waals surface area contributed by atoms with Gasteiger partial charge in [-0.05, 0) is 26.0 Å². The molecule has 112 valence electrons. The summed E-state index contributed by atoms with van der Waals surface area (Å²) < 4.78 is 5.00. The molecule has 2 unspecified atom stereocenters. The van der Waals surface area contributed by atoms with Crippen LogP contribution in [-0.4, -0.2) is 47.2 Å². The van der Waals surface area contributed by atoms with E-state index < -0.39 is 11.5 Å². The van der Waals surface area contributed by atoms with E-state index in [0.717, 1.165) is 18.6 Å². The van der Waals surface area contributed by atoms with Crippen molar-refractivity contribution in [1.29, 1.82) is 0 Å². The zero-order valence-electron chi connectivity index (χ0n) is 12.2. The summed E-state index contributed by atoms with van der Waals surface area (Å²) in [5, 5.41) is 11.5. The van der Waals surface area contributed by atoms with Crippen LogP contribution in [0.5, 0.6) is 0 Å². The van der Waals surface area contributed by atoms with Gasteiger partial charge in [0, 0.05) is 7.11 Å². The van der Waals surface area contributed by atoms with E-state index in [1.165, 1.54) is 7.11 Å². The number of hydrogen-bond donors (Lipinski definition) is 2. The van der Waals surface area contributed by atoms with Crippen molar-refractivity contribution >= 4 is 23.6 Å². The van der Waals surface area contributed by atoms with Gasteiger partial charge in [0.1, 0.15) is 0 Å². The molecule has 0 radical (unpaired) electrons. The van der Waals surface area contributed by atoms with Crippen molar-refractivity contribution in [3.05, 3.63) is 0 Å². The first-order valence-corrected chi connectivity index (χ1v) is 7.54. The maximum absolute atomic E-state index is 12.0. The molecule has 1 amide bonds. The highest BCUT2D eigenvalue weighted by molar-refractivity contribution is 8.00. The molecule has 0 aromatic rings. The van der Waals surface area contributed by atoms with Crippen LogP contribution in [0.4, 0.5) is 0 Å². The van der Waals surface area contributed by atoms with Crippen molar-refractivity contribution in [2.45, 2.75) is 50.8 Å². The average Bonchev–Trinajstić information content (AvgIpc) is 2.27. The molecule has 6 heteroatoms. The summed E-state index contributed by atoms with van der Waals surface area (Å²) in [5.74, 6) is -0.154. The van der Waals surface area contributed by atoms with Crippen LogP contribution < -0.4 is 5.32 Å². The van der Waals surface area contributed by atoms with Crippen LogP contribution in [-0.2, 0) is 14.3 Å². The highest BCUT2D eigenvalue weighted by Gasteiger charge is 2.31. The van der Waals surface area contributed by atoms with E-state index in [2.05, 4.69) is 12.2 Å². The van der Waals surface area contributed by atoms with E-state index in [0.29, 0.717) is 0 Å². The van der Waals surface area contributed by atoms with E-state index in [-0.39, 0.29) is 24.2 Å². The molecule has 0 aliphatic carbocycles. The van der Waals surface area contributed by atoms with Crippen LogP contribution in [0.1, 0.15) is 40.0 Å². The van der Waals surface area contributed by atoms with Crippen molar-refractivity contribution in [3.8, 4) is 0 Å². The fourth-order valence-electron chi connectivity index (χ4n) is 1.66. The third-order valence-electron chi connectivity index (χ3n) is 2.66. The molecule has 0 fully saturated rings. The Kier molecular flexibility index (Phi) is 8.84. The van der Waals surface area contributed by atoms with Gasteiger partial charge in [-0.3, -0.25) is 9.59 Å². The van der Waals surface area contributed by atoms with E-state index >= 15 is 0 Å². The number of carbonyl (C=O) groups excluding carboxylic acids is 1. The summed E-state index contributed by atoms with van der Waals surface area (Å²) in [6.07, 6.45) is 2.02. The van der Waals surface area contributed by atoms with Gasteiger partial charge in [0.25, 0.3) is 0 Å². The zero-order valence-corrected chi connectivity index (χ0v) is 13.0. The number of unbranched alkanes of at least 4 members (excludes halogenated alkanes) is 1. The fourth-order valence-corrected chi connectivity index (χ4v) is 2.68. The standard InChI is InChI=1S/C13H25NO4S/c1-5-6-7-19-10(2)12(17)14-13(3,9-18-4)8-11(15)16/h10H,5-9H2,1-4H3,(H,14,17)(H,15,16). The molecular formula is C13H25NO4S. The molecule has 0 aromatic heterocycles. The van der Waals surface area contributed by atoms with E-state index in [9.17, 15) is 9.59 Å². The van der Waals surface area contributed by atoms with E-state index in [1.807, 2.05) is 6.92 Å². The number of hydrogen-bond acceptors (Lipinski definition) is 4. The lowest BCUT2D eigenvalue weighted by Crippen LogP contribution is -2.52. The van der Waals surface area contributed by atoms with Gasteiger partial charge < -0.3 is 15.2 Å². The van der Waals surface area contributed by atoms with Crippen LogP contribution >= 0.6 is 11.8 Å². The second kappa shape index (κ2) is 9.20. The quantitative estimate of drug-likeness (QED) is 0.601. The van der Waals surface area contributed by atoms with E-state index in [1.54, 1.807) is 18.7 Å². The molecule has 5 nitrogen and oxygen atoms in total. The molecule has 0 spiro atoms. The summed E-state index contributed by atoms with van der Waals surface area (Å²) in [7, 11) is 1.49. The number of aliphatic carboxylic acids is 1. The van der Waals surface area contributed by atoms with Crippen molar-refractivity contribution in [1.82, 2.24) is 5.32 Å². The van der Waals surface area contributed by atoms with Crippen molar-refractivity contribution in [2.75, 3.05) is 19.5 Å². The van der Waals surface area contributed by atoms with Crippen molar-refractivity contribution in [2.24, 2.45) is 0 Å². The number of nitrogens with one attached hydrogen (secondary N) is 1. The minimum Gasteiger partial charge on any atom is -0.481 e. The SMILES string of the molecule is CCCCSC(C)C(=O)NC(C)(COC)CC(=O)O. The van der Waals surface area contributed by atoms with Gasteiger partial charge in [0.2, 0.25) is 5.91 Å². The predicted octanol–water partition coefficient (Wildman–Crippen LogP) is 1.90. The third-order valence-corrected chi connectivity index (χ3v) is 3.90. The summed E-state index contributed by atoms with van der Waals surface area (Å²) in [4.78, 5) is 22.9. The van der Waals surface area contributed by atoms with Gasteiger partial charge in [0.15, 0.2) is 0 Å². The number of carboxylic acid groups (broad SMARTS) is 1. The predicted molar refractivity (Wildman–Crippen MR) is 77.5 cm³/mol. The van der Waals surface area contributed by atoms with Crippen molar-refractivity contribution in [3.63, 3.8) is 0 Å². The first-order valence-electron chi connectivity index (χ1n) is 6.49. The molecule has 0 aliphatic heterocycles. The lowest BCUT2D eigenvalue weighted by molar-refractivity contribution is -0.139. The normalized spacial score (nSPS) is 15.6. The summed E-state index contributed by atoms with van der Waals surface area (Å²) in [5.41, 5.74) is -0.864. The number of ether oxygens (including phenoxy) is 1. The molecule has 0 aromatic carbocycles. The van der Waals surface area contributed by atoms with Gasteiger partial charge in [0.05, 0.1) is 23.8 Å². The molecule has 0 heterocycles. The Morgan fingerprint density at radius 1 is 1.47 bits per heavy atom. The van der Waals surface area contributed by atoms with Crippen LogP contribution in [0.3, 0.4) is 0 Å². The molecule has 0 saturated carbocycles. The molecule has 2 atom stereocenters. The van der Waals surface area contributed by atoms with Gasteiger partial charge in [-0.25, -0.2) is 0 Å². The molecule has 0 bridgehead atoms. The zero-order chi connectivity index (χ0) is 14.9. The Morgan fingerprint density at radius 2 is 2.11 bits per heavy atom. The molecule has 0 rings (SSSR count). The van der Waals surface area contributed by atoms with Gasteiger partial charge in [-0.15, -0.1) is 11.8 Å². The first-order chi connectivity index (χ1) is 8.84. The Labute approximate surface area is 119 Å². The van der Waals surface area contributed by atoms with Crippen LogP contribution in [0, 0.1) is 0 Å². The van der Waals surface area contributed by atoms with Crippen LogP contribution in [0.15, 0.2) is 0 Å². The number of thioether (sulfide) groups is 1. The summed E-state index contributed by atoms with van der Waals surface area (Å²) in [6.45, 7) is 5.81. The van der Waals surface area contributed by atoms with Gasteiger partial charge in [-0.1, -0.05) is 13.3 Å². The molecular weight excluding hydrogens is 266 g/mol. The van der Waals surface area contributed by atoms with Gasteiger partial charge in [-0.2, -0.15) is 0 Å². The monoisotopic (exact) mass is 291 g/mol. The first kappa shape index (κ1) is 18.2. The number of methoxy groups -OCH3 is 1. The minimum atomic E-state index is -0.953. The van der Waals surface area contributed by atoms with Gasteiger partial charge >= 0.3 is 5.97 Å². The Balaban J connectivity index is 4.40. The topological polar surface area (TPSA) is 75.6 Å². The molecule has 19 heavy (non-hydrogen) atoms. The lowest BCUT2D eigenvalue weighted by atomic mass is 9.99. The number of carbonyl (C=O) groups is 2. The molecule has 0 saturated heterocycles. The lowest BCUT2D eigenvalue weighted by Gasteiger charge is -2.29. The Hall–Kier alpha value is -0.750. The Morgan fingerprint density at radius 3 is 2.58 bits per heavy atom. The highest BCUT2D eigenvalue weighted by atomic mass is 32.2. The molecule has 2 N–H and O–H groups in total. The maximum atomic E-state index is 12.0. The summed E-state index contributed by atoms with van der Waals surface area (Å²) in [6, 6.07) is 0. The minimum absolute atomic E-state index is 0.137. The summed E-state index contributed by atoms with van der Waals surface area (Å²) >= 11 is 1.59. The third kappa shape index (κ3) is 8.10. The average molecular weight is 291 g/mol. The number of amides is 1.